The van der Waals surface area contributed by atoms with Gasteiger partial charge in [-0.15, -0.1) is 0 Å². The molecule has 0 amide bonds. The van der Waals surface area contributed by atoms with Gasteiger partial charge >= 0.3 is 16.8 Å². The molecule has 0 aromatic carbocycles. The van der Waals surface area contributed by atoms with Crippen LogP contribution in [-0.2, 0) is 26.4 Å². The average molecular weight is 510 g/mol. The van der Waals surface area contributed by atoms with Gasteiger partial charge in [0.1, 0.15) is 0 Å². The Labute approximate surface area is 214 Å². The summed E-state index contributed by atoms with van der Waals surface area (Å²) in [7, 11) is 0. The predicted octanol–water partition coefficient (Wildman–Crippen LogP) is 6.42. The first-order valence-electron chi connectivity index (χ1n) is 13.3. The second-order valence-corrected chi connectivity index (χ2v) is 8.68. The van der Waals surface area contributed by atoms with Crippen LogP contribution in [0.4, 0.5) is 0 Å². The molecule has 0 aliphatic heterocycles. The monoisotopic (exact) mass is 509 g/mol. The van der Waals surface area contributed by atoms with Crippen LogP contribution in [-0.4, -0.2) is 11.9 Å². The van der Waals surface area contributed by atoms with Crippen LogP contribution in [0.3, 0.4) is 0 Å². The maximum Gasteiger partial charge on any atom is 2.00 e. The molecule has 5 heteroatoms. The molecule has 0 N–H and O–H groups in total. The standard InChI is InChI=1S/2C14H26O2.Co/c2*1-2-3-4-5-6-7-8-9-10-11-12-13-14(15)16;/h2*12-13H,2-11H2,1H3,(H,15,16);/q;;+2/p-2. The van der Waals surface area contributed by atoms with E-state index in [9.17, 15) is 19.8 Å². The maximum absolute atomic E-state index is 10.1. The molecule has 0 aromatic heterocycles. The van der Waals surface area contributed by atoms with Gasteiger partial charge in [0.15, 0.2) is 0 Å². The van der Waals surface area contributed by atoms with E-state index < -0.39 is 11.9 Å². The van der Waals surface area contributed by atoms with E-state index in [2.05, 4.69) is 13.8 Å². The molecular weight excluding hydrogens is 459 g/mol. The van der Waals surface area contributed by atoms with E-state index in [0.29, 0.717) is 0 Å². The minimum Gasteiger partial charge on any atom is -0.545 e. The number of unbranched alkanes of at least 4 members (excludes halogenated alkanes) is 18. The molecule has 0 heterocycles. The normalized spacial score (nSPS) is 10.7. The van der Waals surface area contributed by atoms with Crippen LogP contribution in [0.5, 0.6) is 0 Å². The Morgan fingerprint density at radius 2 is 0.727 bits per heavy atom. The first-order chi connectivity index (χ1) is 15.5. The van der Waals surface area contributed by atoms with Gasteiger partial charge in [0.2, 0.25) is 0 Å². The fourth-order valence-electron chi connectivity index (χ4n) is 3.50. The summed E-state index contributed by atoms with van der Waals surface area (Å²) < 4.78 is 0. The molecule has 0 spiro atoms. The fraction of sp³-hybridized carbons (Fsp3) is 0.786. The number of rotatable bonds is 22. The van der Waals surface area contributed by atoms with Gasteiger partial charge in [0.05, 0.1) is 11.9 Å². The number of carboxylic acids is 2. The third-order valence-corrected chi connectivity index (χ3v) is 5.46. The number of aliphatic carboxylic acids is 2. The predicted molar refractivity (Wildman–Crippen MR) is 132 cm³/mol. The Kier molecular flexibility index (Phi) is 36.6. The molecule has 0 unspecified atom stereocenters. The Balaban J connectivity index is -0.000000529. The van der Waals surface area contributed by atoms with Crippen molar-refractivity contribution in [1.29, 1.82) is 0 Å². The van der Waals surface area contributed by atoms with Crippen molar-refractivity contribution in [1.82, 2.24) is 0 Å². The number of carbonyl (C=O) groups excluding carboxylic acids is 2. The number of carboxylic acid groups (broad SMARTS) is 2. The minimum atomic E-state index is -1.09. The summed E-state index contributed by atoms with van der Waals surface area (Å²) in [6, 6.07) is 0. The molecule has 0 aliphatic carbocycles. The Morgan fingerprint density at radius 1 is 0.485 bits per heavy atom. The van der Waals surface area contributed by atoms with Crippen molar-refractivity contribution in [2.45, 2.75) is 142 Å². The minimum absolute atomic E-state index is 0. The zero-order valence-electron chi connectivity index (χ0n) is 21.4. The van der Waals surface area contributed by atoms with Crippen molar-refractivity contribution in [3.63, 3.8) is 0 Å². The molecule has 195 valence electrons. The summed E-state index contributed by atoms with van der Waals surface area (Å²) in [6.45, 7) is 4.47. The van der Waals surface area contributed by atoms with E-state index in [1.165, 1.54) is 103 Å². The van der Waals surface area contributed by atoms with Crippen LogP contribution < -0.4 is 10.2 Å². The first-order valence-corrected chi connectivity index (χ1v) is 13.3. The van der Waals surface area contributed by atoms with E-state index in [0.717, 1.165) is 37.8 Å². The molecule has 0 aliphatic rings. The summed E-state index contributed by atoms with van der Waals surface area (Å²) in [6.07, 6.45) is 30.8. The van der Waals surface area contributed by atoms with Crippen molar-refractivity contribution in [2.24, 2.45) is 0 Å². The van der Waals surface area contributed by atoms with Crippen LogP contribution in [0.1, 0.15) is 142 Å². The topological polar surface area (TPSA) is 80.3 Å². The third-order valence-electron chi connectivity index (χ3n) is 5.46. The average Bonchev–Trinajstić information content (AvgIpc) is 2.76. The summed E-state index contributed by atoms with van der Waals surface area (Å²) >= 11 is 0. The van der Waals surface area contributed by atoms with Crippen LogP contribution in [0.15, 0.2) is 24.3 Å². The number of carbonyl (C=O) groups is 2. The fourth-order valence-corrected chi connectivity index (χ4v) is 3.50. The summed E-state index contributed by atoms with van der Waals surface area (Å²) in [5, 5.41) is 20.1. The van der Waals surface area contributed by atoms with E-state index >= 15 is 0 Å². The van der Waals surface area contributed by atoms with Crippen LogP contribution in [0.2, 0.25) is 0 Å². The summed E-state index contributed by atoms with van der Waals surface area (Å²) in [4.78, 5) is 20.1. The molecule has 33 heavy (non-hydrogen) atoms. The zero-order valence-corrected chi connectivity index (χ0v) is 22.5. The van der Waals surface area contributed by atoms with Crippen molar-refractivity contribution in [2.75, 3.05) is 0 Å². The van der Waals surface area contributed by atoms with Gasteiger partial charge in [-0.2, -0.15) is 0 Å². The van der Waals surface area contributed by atoms with Crippen LogP contribution in [0.25, 0.3) is 0 Å². The van der Waals surface area contributed by atoms with Gasteiger partial charge < -0.3 is 19.8 Å². The van der Waals surface area contributed by atoms with E-state index in [1.807, 2.05) is 0 Å². The van der Waals surface area contributed by atoms with Crippen molar-refractivity contribution < 1.29 is 36.6 Å². The van der Waals surface area contributed by atoms with Crippen LogP contribution in [0, 0.1) is 0 Å². The van der Waals surface area contributed by atoms with Gasteiger partial charge in [0, 0.05) is 0 Å². The summed E-state index contributed by atoms with van der Waals surface area (Å²) in [5.41, 5.74) is 0. The molecule has 1 radical (unpaired) electrons. The molecule has 0 bridgehead atoms. The molecule has 0 saturated heterocycles. The molecule has 0 aromatic rings. The third kappa shape index (κ3) is 41.6. The second kappa shape index (κ2) is 33.1. The van der Waals surface area contributed by atoms with Gasteiger partial charge in [-0.3, -0.25) is 0 Å². The Bertz CT molecular complexity index is 419. The Morgan fingerprint density at radius 3 is 0.970 bits per heavy atom. The van der Waals surface area contributed by atoms with Crippen molar-refractivity contribution in [3.8, 4) is 0 Å². The molecule has 0 atom stereocenters. The van der Waals surface area contributed by atoms with Gasteiger partial charge in [-0.1, -0.05) is 129 Å². The second-order valence-electron chi connectivity index (χ2n) is 8.68. The molecule has 0 saturated carbocycles. The van der Waals surface area contributed by atoms with Crippen molar-refractivity contribution in [3.05, 3.63) is 24.3 Å². The largest absolute Gasteiger partial charge is 2.00 e. The van der Waals surface area contributed by atoms with Gasteiger partial charge in [-0.25, -0.2) is 0 Å². The van der Waals surface area contributed by atoms with Gasteiger partial charge in [-0.05, 0) is 37.8 Å². The number of hydrogen-bond donors (Lipinski definition) is 0. The Hall–Kier alpha value is -1.07. The first kappa shape index (κ1) is 36.5. The molecule has 0 rings (SSSR count). The van der Waals surface area contributed by atoms with E-state index in [-0.39, 0.29) is 16.8 Å². The molecule has 0 fully saturated rings. The van der Waals surface area contributed by atoms with E-state index in [1.54, 1.807) is 12.2 Å². The number of allylic oxidation sites excluding steroid dienone is 2. The maximum atomic E-state index is 10.1. The molecule has 4 nitrogen and oxygen atoms in total. The quantitative estimate of drug-likeness (QED) is 0.125. The summed E-state index contributed by atoms with van der Waals surface area (Å²) in [5.74, 6) is -2.17. The zero-order chi connectivity index (χ0) is 24.1. The van der Waals surface area contributed by atoms with E-state index in [4.69, 9.17) is 0 Å². The van der Waals surface area contributed by atoms with Gasteiger partial charge in [0.25, 0.3) is 0 Å². The number of hydrogen-bond acceptors (Lipinski definition) is 4. The smallest absolute Gasteiger partial charge is 0.545 e. The van der Waals surface area contributed by atoms with Crippen molar-refractivity contribution >= 4 is 11.9 Å². The SMILES string of the molecule is CCCCCCCCCCCC=CC(=O)[O-].CCCCCCCCCCCC=CC(=O)[O-].[Co+2]. The molecular formula is C28H50CoO4. The van der Waals surface area contributed by atoms with Crippen LogP contribution >= 0.6 is 0 Å².